The molecule has 1 atom stereocenters. The summed E-state index contributed by atoms with van der Waals surface area (Å²) in [5.74, 6) is 2.15. The van der Waals surface area contributed by atoms with E-state index in [-0.39, 0.29) is 0 Å². The first-order valence-corrected chi connectivity index (χ1v) is 5.64. The summed E-state index contributed by atoms with van der Waals surface area (Å²) >= 11 is 0. The zero-order chi connectivity index (χ0) is 11.5. The van der Waals surface area contributed by atoms with Crippen molar-refractivity contribution < 1.29 is 14.6 Å². The molecule has 88 valence electrons. The lowest BCUT2D eigenvalue weighted by molar-refractivity contribution is 0.159. The number of hydrogen-bond donors (Lipinski definition) is 1. The molecule has 1 fully saturated rings. The van der Waals surface area contributed by atoms with Crippen LogP contribution in [0.5, 0.6) is 11.5 Å². The monoisotopic (exact) mass is 222 g/mol. The highest BCUT2D eigenvalue weighted by molar-refractivity contribution is 5.39. The number of hydrogen-bond acceptors (Lipinski definition) is 3. The van der Waals surface area contributed by atoms with Crippen molar-refractivity contribution in [3.05, 3.63) is 23.8 Å². The highest BCUT2D eigenvalue weighted by Crippen LogP contribution is 2.38. The summed E-state index contributed by atoms with van der Waals surface area (Å²) in [6.45, 7) is 0. The summed E-state index contributed by atoms with van der Waals surface area (Å²) in [5, 5.41) is 10.1. The molecule has 0 bridgehead atoms. The van der Waals surface area contributed by atoms with Crippen molar-refractivity contribution in [2.75, 3.05) is 14.2 Å². The van der Waals surface area contributed by atoms with E-state index in [0.29, 0.717) is 5.92 Å². The number of ether oxygens (including phenoxy) is 2. The highest BCUT2D eigenvalue weighted by atomic mass is 16.5. The molecule has 0 aliphatic heterocycles. The maximum Gasteiger partial charge on any atom is 0.122 e. The van der Waals surface area contributed by atoms with Crippen molar-refractivity contribution in [1.29, 1.82) is 0 Å². The van der Waals surface area contributed by atoms with Crippen molar-refractivity contribution in [3.63, 3.8) is 0 Å². The van der Waals surface area contributed by atoms with E-state index in [4.69, 9.17) is 9.47 Å². The van der Waals surface area contributed by atoms with E-state index in [0.717, 1.165) is 23.5 Å². The minimum absolute atomic E-state index is 0.406. The van der Waals surface area contributed by atoms with Crippen LogP contribution in [0.15, 0.2) is 18.2 Å². The number of methoxy groups -OCH3 is 2. The van der Waals surface area contributed by atoms with E-state index < -0.39 is 6.10 Å². The lowest BCUT2D eigenvalue weighted by Crippen LogP contribution is -2.00. The average molecular weight is 222 g/mol. The van der Waals surface area contributed by atoms with Crippen LogP contribution in [0, 0.1) is 5.92 Å². The molecule has 3 nitrogen and oxygen atoms in total. The number of benzene rings is 1. The quantitative estimate of drug-likeness (QED) is 0.832. The van der Waals surface area contributed by atoms with Crippen LogP contribution in [0.4, 0.5) is 0 Å². The number of aliphatic hydroxyl groups excluding tert-OH is 1. The van der Waals surface area contributed by atoms with Crippen LogP contribution in [-0.4, -0.2) is 19.3 Å². The fourth-order valence-electron chi connectivity index (χ4n) is 1.83. The van der Waals surface area contributed by atoms with Gasteiger partial charge in [0.25, 0.3) is 0 Å². The lowest BCUT2D eigenvalue weighted by Gasteiger charge is -2.13. The van der Waals surface area contributed by atoms with Crippen molar-refractivity contribution in [2.24, 2.45) is 5.92 Å². The van der Waals surface area contributed by atoms with Gasteiger partial charge in [-0.1, -0.05) is 12.8 Å². The molecule has 0 radical (unpaired) electrons. The molecule has 1 aliphatic carbocycles. The molecule has 1 N–H and O–H groups in total. The minimum Gasteiger partial charge on any atom is -0.497 e. The van der Waals surface area contributed by atoms with Crippen molar-refractivity contribution in [2.45, 2.75) is 25.4 Å². The third-order valence-electron chi connectivity index (χ3n) is 3.01. The lowest BCUT2D eigenvalue weighted by atomic mass is 10.0. The third kappa shape index (κ3) is 2.67. The Balaban J connectivity index is 2.16. The van der Waals surface area contributed by atoms with Gasteiger partial charge in [0.05, 0.1) is 20.3 Å². The van der Waals surface area contributed by atoms with E-state index in [1.807, 2.05) is 18.2 Å². The molecule has 0 amide bonds. The maximum absolute atomic E-state index is 10.1. The normalized spacial score (nSPS) is 16.9. The van der Waals surface area contributed by atoms with E-state index in [2.05, 4.69) is 0 Å². The van der Waals surface area contributed by atoms with Gasteiger partial charge in [0.2, 0.25) is 0 Å². The summed E-state index contributed by atoms with van der Waals surface area (Å²) in [6, 6.07) is 5.55. The van der Waals surface area contributed by atoms with Crippen LogP contribution in [0.1, 0.15) is 30.9 Å². The molecule has 1 aliphatic rings. The van der Waals surface area contributed by atoms with Gasteiger partial charge in [0.1, 0.15) is 11.5 Å². The van der Waals surface area contributed by atoms with Crippen LogP contribution in [-0.2, 0) is 0 Å². The van der Waals surface area contributed by atoms with E-state index in [9.17, 15) is 5.11 Å². The second-order valence-electron chi connectivity index (χ2n) is 4.34. The van der Waals surface area contributed by atoms with Crippen molar-refractivity contribution >= 4 is 0 Å². The van der Waals surface area contributed by atoms with Crippen LogP contribution >= 0.6 is 0 Å². The SMILES string of the molecule is COc1cc(OC)cc(C(O)CC2CC2)c1. The Bertz CT molecular complexity index is 336. The van der Waals surface area contributed by atoms with Crippen LogP contribution < -0.4 is 9.47 Å². The molecule has 0 heterocycles. The second-order valence-corrected chi connectivity index (χ2v) is 4.34. The Morgan fingerprint density at radius 1 is 1.19 bits per heavy atom. The topological polar surface area (TPSA) is 38.7 Å². The Morgan fingerprint density at radius 3 is 2.19 bits per heavy atom. The van der Waals surface area contributed by atoms with Gasteiger partial charge in [-0.25, -0.2) is 0 Å². The van der Waals surface area contributed by atoms with Crippen molar-refractivity contribution in [1.82, 2.24) is 0 Å². The predicted octanol–water partition coefficient (Wildman–Crippen LogP) is 2.54. The Labute approximate surface area is 96.0 Å². The summed E-state index contributed by atoms with van der Waals surface area (Å²) in [4.78, 5) is 0. The van der Waals surface area contributed by atoms with Gasteiger partial charge >= 0.3 is 0 Å². The summed E-state index contributed by atoms with van der Waals surface area (Å²) < 4.78 is 10.4. The second kappa shape index (κ2) is 4.74. The fraction of sp³-hybridized carbons (Fsp3) is 0.538. The molecule has 0 saturated heterocycles. The van der Waals surface area contributed by atoms with Gasteiger partial charge < -0.3 is 14.6 Å². The Morgan fingerprint density at radius 2 is 1.75 bits per heavy atom. The molecule has 16 heavy (non-hydrogen) atoms. The molecule has 1 aromatic carbocycles. The van der Waals surface area contributed by atoms with Gasteiger partial charge in [0, 0.05) is 6.07 Å². The molecule has 2 rings (SSSR count). The molecule has 0 aromatic heterocycles. The molecule has 0 spiro atoms. The number of aliphatic hydroxyl groups is 1. The molecule has 1 aromatic rings. The van der Waals surface area contributed by atoms with E-state index in [1.165, 1.54) is 12.8 Å². The molecule has 1 saturated carbocycles. The van der Waals surface area contributed by atoms with Gasteiger partial charge in [-0.3, -0.25) is 0 Å². The van der Waals surface area contributed by atoms with Crippen LogP contribution in [0.3, 0.4) is 0 Å². The summed E-state index contributed by atoms with van der Waals surface area (Å²) in [5.41, 5.74) is 0.878. The van der Waals surface area contributed by atoms with E-state index in [1.54, 1.807) is 14.2 Å². The smallest absolute Gasteiger partial charge is 0.122 e. The van der Waals surface area contributed by atoms with Gasteiger partial charge in [-0.05, 0) is 30.0 Å². The molecular weight excluding hydrogens is 204 g/mol. The minimum atomic E-state index is -0.406. The van der Waals surface area contributed by atoms with Gasteiger partial charge in [-0.15, -0.1) is 0 Å². The average Bonchev–Trinajstić information content (AvgIpc) is 3.12. The molecular formula is C13H18O3. The van der Waals surface area contributed by atoms with Crippen LogP contribution in [0.2, 0.25) is 0 Å². The third-order valence-corrected chi connectivity index (χ3v) is 3.01. The molecule has 3 heteroatoms. The highest BCUT2D eigenvalue weighted by Gasteiger charge is 2.25. The Hall–Kier alpha value is -1.22. The fourth-order valence-corrected chi connectivity index (χ4v) is 1.83. The van der Waals surface area contributed by atoms with Crippen LogP contribution in [0.25, 0.3) is 0 Å². The van der Waals surface area contributed by atoms with Crippen molar-refractivity contribution in [3.8, 4) is 11.5 Å². The zero-order valence-corrected chi connectivity index (χ0v) is 9.77. The standard InChI is InChI=1S/C13H18O3/c1-15-11-6-10(7-12(8-11)16-2)13(14)5-9-3-4-9/h6-9,13-14H,3-5H2,1-2H3. The first-order valence-electron chi connectivity index (χ1n) is 5.64. The molecule has 1 unspecified atom stereocenters. The summed E-state index contributed by atoms with van der Waals surface area (Å²) in [6.07, 6.45) is 2.93. The first kappa shape index (κ1) is 11.3. The maximum atomic E-state index is 10.1. The Kier molecular flexibility index (Phi) is 3.34. The van der Waals surface area contributed by atoms with E-state index >= 15 is 0 Å². The predicted molar refractivity (Wildman–Crippen MR) is 61.8 cm³/mol. The largest absolute Gasteiger partial charge is 0.497 e. The van der Waals surface area contributed by atoms with Gasteiger partial charge in [-0.2, -0.15) is 0 Å². The summed E-state index contributed by atoms with van der Waals surface area (Å²) in [7, 11) is 3.23. The number of rotatable bonds is 5. The zero-order valence-electron chi connectivity index (χ0n) is 9.77. The van der Waals surface area contributed by atoms with Gasteiger partial charge in [0.15, 0.2) is 0 Å². The first-order chi connectivity index (χ1) is 7.72.